The molecule has 0 unspecified atom stereocenters. The fourth-order valence-corrected chi connectivity index (χ4v) is 4.28. The van der Waals surface area contributed by atoms with E-state index < -0.39 is 11.8 Å². The molecule has 0 aromatic heterocycles. The van der Waals surface area contributed by atoms with Gasteiger partial charge in [-0.3, -0.25) is 9.59 Å². The van der Waals surface area contributed by atoms with Gasteiger partial charge in [-0.25, -0.2) is 4.90 Å². The summed E-state index contributed by atoms with van der Waals surface area (Å²) in [6.07, 6.45) is 0. The highest BCUT2D eigenvalue weighted by Crippen LogP contribution is 2.41. The van der Waals surface area contributed by atoms with Crippen LogP contribution < -0.4 is 9.64 Å². The summed E-state index contributed by atoms with van der Waals surface area (Å²) in [7, 11) is 1.56. The molecule has 31 heavy (non-hydrogen) atoms. The van der Waals surface area contributed by atoms with E-state index in [0.29, 0.717) is 38.1 Å². The number of methoxy groups -OCH3 is 1. The highest BCUT2D eigenvalue weighted by Gasteiger charge is 2.40. The lowest BCUT2D eigenvalue weighted by molar-refractivity contribution is -0.119. The zero-order chi connectivity index (χ0) is 22.0. The number of thioether (sulfide) groups is 1. The second-order valence-corrected chi connectivity index (χ2v) is 8.11. The average Bonchev–Trinajstić information content (AvgIpc) is 3.04. The number of carbonyl (C=O) groups is 2. The molecule has 7 heteroatoms. The Bertz CT molecular complexity index is 1230. The molecule has 1 aliphatic heterocycles. The first-order chi connectivity index (χ1) is 15.0. The lowest BCUT2D eigenvalue weighted by atomic mass is 10.1. The van der Waals surface area contributed by atoms with Gasteiger partial charge in [0, 0.05) is 9.92 Å². The van der Waals surface area contributed by atoms with E-state index in [2.05, 4.69) is 0 Å². The maximum Gasteiger partial charge on any atom is 0.272 e. The molecule has 0 N–H and O–H groups in total. The van der Waals surface area contributed by atoms with Gasteiger partial charge in [0.25, 0.3) is 11.8 Å². The van der Waals surface area contributed by atoms with Crippen molar-refractivity contribution in [3.63, 3.8) is 0 Å². The van der Waals surface area contributed by atoms with Gasteiger partial charge < -0.3 is 4.74 Å². The Morgan fingerprint density at radius 2 is 1.55 bits per heavy atom. The molecule has 3 aromatic rings. The van der Waals surface area contributed by atoms with Gasteiger partial charge in [0.05, 0.1) is 34.9 Å². The Hall–Kier alpha value is -3.53. The summed E-state index contributed by atoms with van der Waals surface area (Å²) in [6.45, 7) is 0. The molecule has 0 bridgehead atoms. The van der Waals surface area contributed by atoms with Gasteiger partial charge in [-0.15, -0.1) is 0 Å². The molecule has 2 amide bonds. The summed E-state index contributed by atoms with van der Waals surface area (Å²) in [6, 6.07) is 22.4. The fourth-order valence-electron chi connectivity index (χ4n) is 3.16. The Morgan fingerprint density at radius 3 is 2.13 bits per heavy atom. The van der Waals surface area contributed by atoms with Gasteiger partial charge in [0.2, 0.25) is 0 Å². The number of ether oxygens (including phenoxy) is 1. The summed E-state index contributed by atoms with van der Waals surface area (Å²) in [5, 5.41) is 9.61. The zero-order valence-corrected chi connectivity index (χ0v) is 17.9. The zero-order valence-electron chi connectivity index (χ0n) is 16.3. The van der Waals surface area contributed by atoms with Crippen molar-refractivity contribution in [3.8, 4) is 11.8 Å². The van der Waals surface area contributed by atoms with E-state index in [9.17, 15) is 9.59 Å². The lowest BCUT2D eigenvalue weighted by Crippen LogP contribution is -2.31. The number of halogens is 1. The maximum atomic E-state index is 13.4. The van der Waals surface area contributed by atoms with Crippen molar-refractivity contribution >= 4 is 46.4 Å². The predicted molar refractivity (Wildman–Crippen MR) is 121 cm³/mol. The van der Waals surface area contributed by atoms with Crippen molar-refractivity contribution in [2.24, 2.45) is 0 Å². The minimum Gasteiger partial charge on any atom is -0.497 e. The highest BCUT2D eigenvalue weighted by atomic mass is 35.5. The molecule has 1 aliphatic rings. The van der Waals surface area contributed by atoms with Crippen LogP contribution in [-0.4, -0.2) is 18.9 Å². The van der Waals surface area contributed by atoms with Crippen molar-refractivity contribution in [3.05, 3.63) is 93.9 Å². The standard InChI is InChI=1S/C24H15ClN2O3S/c1-30-19-10-4-16(5-11-19)21-22(31-20-12-6-17(25)7-13-20)24(29)27(23(21)28)18-8-2-15(14-26)3-9-18/h2-13H,1H3. The normalized spacial score (nSPS) is 13.5. The highest BCUT2D eigenvalue weighted by molar-refractivity contribution is 8.04. The number of benzene rings is 3. The molecule has 0 aliphatic carbocycles. The first-order valence-corrected chi connectivity index (χ1v) is 10.4. The van der Waals surface area contributed by atoms with Crippen LogP contribution in [0.5, 0.6) is 5.75 Å². The molecule has 3 aromatic carbocycles. The minimum atomic E-state index is -0.420. The summed E-state index contributed by atoms with van der Waals surface area (Å²) < 4.78 is 5.20. The van der Waals surface area contributed by atoms with Gasteiger partial charge in [-0.1, -0.05) is 35.5 Å². The van der Waals surface area contributed by atoms with Crippen LogP contribution in [0, 0.1) is 11.3 Å². The number of imide groups is 1. The van der Waals surface area contributed by atoms with E-state index in [-0.39, 0.29) is 0 Å². The van der Waals surface area contributed by atoms with Crippen molar-refractivity contribution in [2.75, 3.05) is 12.0 Å². The van der Waals surface area contributed by atoms with Crippen LogP contribution in [0.3, 0.4) is 0 Å². The minimum absolute atomic E-state index is 0.317. The van der Waals surface area contributed by atoms with Crippen molar-refractivity contribution in [1.82, 2.24) is 0 Å². The van der Waals surface area contributed by atoms with Gasteiger partial charge in [-0.2, -0.15) is 5.26 Å². The van der Waals surface area contributed by atoms with E-state index in [4.69, 9.17) is 21.6 Å². The summed E-state index contributed by atoms with van der Waals surface area (Å²) >= 11 is 7.19. The Kier molecular flexibility index (Phi) is 5.81. The van der Waals surface area contributed by atoms with Crippen molar-refractivity contribution < 1.29 is 14.3 Å². The molecule has 5 nitrogen and oxygen atoms in total. The molecular formula is C24H15ClN2O3S. The third-order valence-electron chi connectivity index (χ3n) is 4.71. The number of hydrogen-bond acceptors (Lipinski definition) is 5. The van der Waals surface area contributed by atoms with E-state index >= 15 is 0 Å². The van der Waals surface area contributed by atoms with Gasteiger partial charge >= 0.3 is 0 Å². The van der Waals surface area contributed by atoms with Gasteiger partial charge in [-0.05, 0) is 66.2 Å². The predicted octanol–water partition coefficient (Wildman–Crippen LogP) is 5.30. The first kappa shape index (κ1) is 20.7. The monoisotopic (exact) mass is 446 g/mol. The maximum absolute atomic E-state index is 13.4. The second kappa shape index (κ2) is 8.68. The van der Waals surface area contributed by atoms with Crippen LogP contribution >= 0.6 is 23.4 Å². The van der Waals surface area contributed by atoms with Crippen LogP contribution in [0.15, 0.2) is 82.6 Å². The molecule has 0 spiro atoms. The Morgan fingerprint density at radius 1 is 0.903 bits per heavy atom. The molecule has 0 saturated carbocycles. The average molecular weight is 447 g/mol. The number of nitriles is 1. The summed E-state index contributed by atoms with van der Waals surface area (Å²) in [5.41, 5.74) is 1.79. The van der Waals surface area contributed by atoms with E-state index in [0.717, 1.165) is 9.80 Å². The van der Waals surface area contributed by atoms with E-state index in [1.54, 1.807) is 79.9 Å². The number of anilines is 1. The van der Waals surface area contributed by atoms with Crippen molar-refractivity contribution in [2.45, 2.75) is 4.90 Å². The topological polar surface area (TPSA) is 70.4 Å². The molecular weight excluding hydrogens is 432 g/mol. The molecule has 4 rings (SSSR count). The van der Waals surface area contributed by atoms with Crippen LogP contribution in [0.1, 0.15) is 11.1 Å². The Labute approximate surface area is 188 Å². The van der Waals surface area contributed by atoms with E-state index in [1.807, 2.05) is 6.07 Å². The van der Waals surface area contributed by atoms with Crippen LogP contribution in [0.4, 0.5) is 5.69 Å². The van der Waals surface area contributed by atoms with Crippen LogP contribution in [0.25, 0.3) is 5.57 Å². The summed E-state index contributed by atoms with van der Waals surface area (Å²) in [4.78, 5) is 29.0. The molecule has 0 saturated heterocycles. The number of carbonyl (C=O) groups excluding carboxylic acids is 2. The first-order valence-electron chi connectivity index (χ1n) is 9.23. The number of rotatable bonds is 5. The van der Waals surface area contributed by atoms with E-state index in [1.165, 1.54) is 11.8 Å². The molecule has 0 atom stereocenters. The van der Waals surface area contributed by atoms with Crippen molar-refractivity contribution in [1.29, 1.82) is 5.26 Å². The molecule has 1 heterocycles. The third-order valence-corrected chi connectivity index (χ3v) is 6.05. The fraction of sp³-hybridized carbons (Fsp3) is 0.0417. The SMILES string of the molecule is COc1ccc(C2=C(Sc3ccc(Cl)cc3)C(=O)N(c3ccc(C#N)cc3)C2=O)cc1. The number of hydrogen-bond donors (Lipinski definition) is 0. The van der Waals surface area contributed by atoms with Gasteiger partial charge in [0.1, 0.15) is 5.75 Å². The Balaban J connectivity index is 1.79. The van der Waals surface area contributed by atoms with Crippen LogP contribution in [-0.2, 0) is 9.59 Å². The molecule has 152 valence electrons. The number of amides is 2. The second-order valence-electron chi connectivity index (χ2n) is 6.59. The largest absolute Gasteiger partial charge is 0.497 e. The van der Waals surface area contributed by atoms with Crippen LogP contribution in [0.2, 0.25) is 5.02 Å². The number of nitrogens with zero attached hydrogens (tertiary/aromatic N) is 2. The summed E-state index contributed by atoms with van der Waals surface area (Å²) in [5.74, 6) is -0.186. The van der Waals surface area contributed by atoms with Gasteiger partial charge in [0.15, 0.2) is 0 Å². The lowest BCUT2D eigenvalue weighted by Gasteiger charge is -2.15. The molecule has 0 fully saturated rings. The quantitative estimate of drug-likeness (QED) is 0.497. The molecule has 0 radical (unpaired) electrons. The smallest absolute Gasteiger partial charge is 0.272 e. The third kappa shape index (κ3) is 4.06.